The van der Waals surface area contributed by atoms with Crippen LogP contribution in [0.4, 0.5) is 11.5 Å². The molecule has 41 heavy (non-hydrogen) atoms. The predicted molar refractivity (Wildman–Crippen MR) is 158 cm³/mol. The second kappa shape index (κ2) is 11.4. The summed E-state index contributed by atoms with van der Waals surface area (Å²) in [5.74, 6) is 0.231. The van der Waals surface area contributed by atoms with Crippen LogP contribution >= 0.6 is 0 Å². The maximum Gasteiger partial charge on any atom is 0.267 e. The second-order valence-corrected chi connectivity index (χ2v) is 10.2. The normalized spacial score (nSPS) is 14.4. The minimum atomic E-state index is -0.477. The third-order valence-corrected chi connectivity index (χ3v) is 7.71. The van der Waals surface area contributed by atoms with Crippen LogP contribution < -0.4 is 16.6 Å². The molecule has 0 radical (unpaired) electrons. The van der Waals surface area contributed by atoms with E-state index in [2.05, 4.69) is 26.4 Å². The maximum absolute atomic E-state index is 13.1. The molecule has 2 aromatic carbocycles. The number of hydrogen-bond acceptors (Lipinski definition) is 7. The lowest BCUT2D eigenvalue weighted by atomic mass is 9.93. The number of nitrogens with zero attached hydrogens (tertiary/aromatic N) is 5. The topological polar surface area (TPSA) is 131 Å². The number of aromatic nitrogens is 4. The number of hydrogen-bond donors (Lipinski definition) is 3. The molecule has 1 aliphatic rings. The Balaban J connectivity index is 1.25. The first kappa shape index (κ1) is 26.4. The molecule has 0 saturated carbocycles. The molecule has 1 saturated heterocycles. The van der Waals surface area contributed by atoms with Crippen molar-refractivity contribution >= 4 is 22.9 Å². The summed E-state index contributed by atoms with van der Waals surface area (Å²) < 4.78 is 3.35. The quantitative estimate of drug-likeness (QED) is 0.283. The van der Waals surface area contributed by atoms with Crippen LogP contribution in [0.3, 0.4) is 0 Å². The van der Waals surface area contributed by atoms with Crippen molar-refractivity contribution < 1.29 is 9.90 Å². The highest BCUT2D eigenvalue weighted by Crippen LogP contribution is 2.36. The maximum atomic E-state index is 13.1. The van der Waals surface area contributed by atoms with Gasteiger partial charge < -0.3 is 21.1 Å². The number of rotatable bonds is 7. The Labute approximate surface area is 236 Å². The Kier molecular flexibility index (Phi) is 7.32. The van der Waals surface area contributed by atoms with E-state index >= 15 is 0 Å². The van der Waals surface area contributed by atoms with Crippen molar-refractivity contribution in [1.82, 2.24) is 24.1 Å². The first-order chi connectivity index (χ1) is 20.0. The first-order valence-electron chi connectivity index (χ1n) is 13.7. The Hall–Kier alpha value is -4.80. The van der Waals surface area contributed by atoms with Gasteiger partial charge in [0, 0.05) is 41.3 Å². The summed E-state index contributed by atoms with van der Waals surface area (Å²) in [4.78, 5) is 32.6. The lowest BCUT2D eigenvalue weighted by Gasteiger charge is -2.31. The highest BCUT2D eigenvalue weighted by Gasteiger charge is 2.25. The summed E-state index contributed by atoms with van der Waals surface area (Å²) >= 11 is 0. The molecular weight excluding hydrogens is 518 g/mol. The number of anilines is 2. The SMILES string of the molecule is Nc1ncnn2c(C3CCN(CCO)CC3)cc(-c3ccc(NC(=O)c4cccn(-c5ccccc5)c4=O)cc3)c12. The van der Waals surface area contributed by atoms with Gasteiger partial charge in [-0.2, -0.15) is 5.10 Å². The van der Waals surface area contributed by atoms with Gasteiger partial charge in [-0.3, -0.25) is 14.2 Å². The van der Waals surface area contributed by atoms with Gasteiger partial charge in [0.15, 0.2) is 5.82 Å². The fourth-order valence-electron chi connectivity index (χ4n) is 5.59. The standard InChI is InChI=1S/C31H31N7O3/c32-29-28-26(19-27(38(28)34-20-33-29)22-12-15-36(16-13-22)17-18-39)21-8-10-23(11-9-21)35-30(40)25-7-4-14-37(31(25)41)24-5-2-1-3-6-24/h1-11,14,19-20,22,39H,12-13,15-18H2,(H,35,40)(H2,32,33,34). The molecule has 4 heterocycles. The number of para-hydroxylation sites is 1. The zero-order valence-corrected chi connectivity index (χ0v) is 22.5. The molecular formula is C31H31N7O3. The third kappa shape index (κ3) is 5.22. The molecule has 0 aliphatic carbocycles. The monoisotopic (exact) mass is 549 g/mol. The van der Waals surface area contributed by atoms with Crippen LogP contribution in [0.25, 0.3) is 22.3 Å². The molecule has 4 N–H and O–H groups in total. The first-order valence-corrected chi connectivity index (χ1v) is 13.7. The molecule has 0 bridgehead atoms. The molecule has 208 valence electrons. The number of carbonyl (C=O) groups excluding carboxylic acids is 1. The lowest BCUT2D eigenvalue weighted by molar-refractivity contribution is 0.102. The number of benzene rings is 2. The van der Waals surface area contributed by atoms with Crippen molar-refractivity contribution in [2.24, 2.45) is 0 Å². The largest absolute Gasteiger partial charge is 0.395 e. The van der Waals surface area contributed by atoms with Crippen LogP contribution in [0.2, 0.25) is 0 Å². The van der Waals surface area contributed by atoms with Crippen molar-refractivity contribution in [3.05, 3.63) is 107 Å². The van der Waals surface area contributed by atoms with Crippen LogP contribution in [0.1, 0.15) is 34.8 Å². The summed E-state index contributed by atoms with van der Waals surface area (Å²) in [7, 11) is 0. The van der Waals surface area contributed by atoms with Crippen molar-refractivity contribution in [2.45, 2.75) is 18.8 Å². The number of piperidine rings is 1. The molecule has 3 aromatic heterocycles. The number of likely N-dealkylation sites (tertiary alicyclic amines) is 1. The zero-order valence-electron chi connectivity index (χ0n) is 22.5. The fourth-order valence-corrected chi connectivity index (χ4v) is 5.59. The Morgan fingerprint density at radius 2 is 1.78 bits per heavy atom. The Bertz CT molecular complexity index is 1740. The van der Waals surface area contributed by atoms with Crippen molar-refractivity contribution in [3.8, 4) is 16.8 Å². The Morgan fingerprint density at radius 3 is 2.51 bits per heavy atom. The van der Waals surface area contributed by atoms with E-state index in [1.165, 1.54) is 17.0 Å². The van der Waals surface area contributed by atoms with E-state index in [9.17, 15) is 14.7 Å². The minimum absolute atomic E-state index is 0.0541. The number of nitrogens with two attached hydrogens (primary N) is 1. The van der Waals surface area contributed by atoms with Crippen molar-refractivity contribution in [2.75, 3.05) is 37.3 Å². The molecule has 1 aliphatic heterocycles. The predicted octanol–water partition coefficient (Wildman–Crippen LogP) is 3.55. The number of nitrogen functional groups attached to an aromatic ring is 1. The number of amides is 1. The summed E-state index contributed by atoms with van der Waals surface area (Å²) in [6.45, 7) is 2.69. The number of β-amino-alcohol motifs (C(OH)–C–C–N with tert-alkyl or cyclic N) is 1. The number of nitrogens with one attached hydrogen (secondary N) is 1. The summed E-state index contributed by atoms with van der Waals surface area (Å²) in [5, 5.41) is 16.7. The molecule has 0 atom stereocenters. The van der Waals surface area contributed by atoms with Gasteiger partial charge in [0.2, 0.25) is 0 Å². The number of pyridine rings is 1. The number of carbonyl (C=O) groups is 1. The van der Waals surface area contributed by atoms with Gasteiger partial charge >= 0.3 is 0 Å². The molecule has 5 aromatic rings. The molecule has 1 amide bonds. The molecule has 1 fully saturated rings. The fraction of sp³-hybridized carbons (Fsp3) is 0.226. The van der Waals surface area contributed by atoms with E-state index in [-0.39, 0.29) is 12.2 Å². The van der Waals surface area contributed by atoms with Crippen LogP contribution in [0.5, 0.6) is 0 Å². The van der Waals surface area contributed by atoms with E-state index in [0.717, 1.165) is 48.3 Å². The average molecular weight is 550 g/mol. The van der Waals surface area contributed by atoms with Crippen molar-refractivity contribution in [3.63, 3.8) is 0 Å². The van der Waals surface area contributed by atoms with Gasteiger partial charge in [-0.15, -0.1) is 0 Å². The average Bonchev–Trinajstić information content (AvgIpc) is 3.40. The number of fused-ring (bicyclic) bond motifs is 1. The number of aliphatic hydroxyl groups is 1. The minimum Gasteiger partial charge on any atom is -0.395 e. The van der Waals surface area contributed by atoms with E-state index in [1.54, 1.807) is 12.3 Å². The van der Waals surface area contributed by atoms with Gasteiger partial charge in [-0.25, -0.2) is 9.50 Å². The van der Waals surface area contributed by atoms with E-state index < -0.39 is 11.5 Å². The van der Waals surface area contributed by atoms with Crippen LogP contribution in [0, 0.1) is 0 Å². The molecule has 10 nitrogen and oxygen atoms in total. The van der Waals surface area contributed by atoms with Gasteiger partial charge in [0.05, 0.1) is 6.61 Å². The zero-order chi connectivity index (χ0) is 28.3. The van der Waals surface area contributed by atoms with Crippen LogP contribution in [-0.2, 0) is 0 Å². The van der Waals surface area contributed by atoms with E-state index in [0.29, 0.717) is 29.7 Å². The van der Waals surface area contributed by atoms with Gasteiger partial charge in [0.25, 0.3) is 11.5 Å². The van der Waals surface area contributed by atoms with E-state index in [1.807, 2.05) is 59.1 Å². The van der Waals surface area contributed by atoms with Gasteiger partial charge in [-0.05, 0) is 74.0 Å². The van der Waals surface area contributed by atoms with E-state index in [4.69, 9.17) is 5.73 Å². The Morgan fingerprint density at radius 1 is 1.02 bits per heavy atom. The summed E-state index contributed by atoms with van der Waals surface area (Å²) in [6.07, 6.45) is 5.05. The summed E-state index contributed by atoms with van der Waals surface area (Å²) in [6, 6.07) is 22.0. The molecule has 0 unspecified atom stereocenters. The van der Waals surface area contributed by atoms with Crippen molar-refractivity contribution in [1.29, 1.82) is 0 Å². The highest BCUT2D eigenvalue weighted by atomic mass is 16.3. The molecule has 10 heteroatoms. The number of aliphatic hydroxyl groups excluding tert-OH is 1. The van der Waals surface area contributed by atoms with Gasteiger partial charge in [-0.1, -0.05) is 30.3 Å². The highest BCUT2D eigenvalue weighted by molar-refractivity contribution is 6.04. The smallest absolute Gasteiger partial charge is 0.267 e. The lowest BCUT2D eigenvalue weighted by Crippen LogP contribution is -2.35. The molecule has 6 rings (SSSR count). The third-order valence-electron chi connectivity index (χ3n) is 7.71. The van der Waals surface area contributed by atoms with Crippen LogP contribution in [-0.4, -0.2) is 61.3 Å². The van der Waals surface area contributed by atoms with Gasteiger partial charge in [0.1, 0.15) is 17.4 Å². The molecule has 0 spiro atoms. The summed E-state index contributed by atoms with van der Waals surface area (Å²) in [5.41, 5.74) is 10.9. The van der Waals surface area contributed by atoms with Crippen LogP contribution in [0.15, 0.2) is 90.1 Å². The second-order valence-electron chi connectivity index (χ2n) is 10.2.